The summed E-state index contributed by atoms with van der Waals surface area (Å²) in [6.45, 7) is 4.00. The van der Waals surface area contributed by atoms with Gasteiger partial charge in [-0.25, -0.2) is 4.39 Å². The molecule has 2 nitrogen and oxygen atoms in total. The summed E-state index contributed by atoms with van der Waals surface area (Å²) >= 11 is 1.54. The van der Waals surface area contributed by atoms with Crippen molar-refractivity contribution in [1.82, 2.24) is 0 Å². The fourth-order valence-electron chi connectivity index (χ4n) is 2.57. The molecule has 2 aromatic carbocycles. The molecule has 1 saturated heterocycles. The second-order valence-corrected chi connectivity index (χ2v) is 6.34. The summed E-state index contributed by atoms with van der Waals surface area (Å²) < 4.78 is 13.5. The van der Waals surface area contributed by atoms with Crippen LogP contribution in [0.1, 0.15) is 22.1 Å². The lowest BCUT2D eigenvalue weighted by Crippen LogP contribution is -2.28. The zero-order valence-electron chi connectivity index (χ0n) is 12.0. The molecule has 1 aliphatic rings. The monoisotopic (exact) mass is 301 g/mol. The predicted molar refractivity (Wildman–Crippen MR) is 85.0 cm³/mol. The molecule has 1 unspecified atom stereocenters. The Morgan fingerprint density at radius 2 is 2.00 bits per heavy atom. The number of amides is 1. The molecule has 1 amide bonds. The zero-order valence-corrected chi connectivity index (χ0v) is 12.8. The molecule has 0 spiro atoms. The van der Waals surface area contributed by atoms with E-state index in [9.17, 15) is 9.18 Å². The van der Waals surface area contributed by atoms with Crippen LogP contribution in [0.2, 0.25) is 0 Å². The van der Waals surface area contributed by atoms with E-state index in [0.29, 0.717) is 5.75 Å². The summed E-state index contributed by atoms with van der Waals surface area (Å²) in [5.41, 5.74) is 3.90. The van der Waals surface area contributed by atoms with Gasteiger partial charge in [0.2, 0.25) is 5.91 Å². The lowest BCUT2D eigenvalue weighted by Gasteiger charge is -2.26. The van der Waals surface area contributed by atoms with E-state index in [0.717, 1.165) is 22.4 Å². The molecule has 2 aromatic rings. The smallest absolute Gasteiger partial charge is 0.238 e. The van der Waals surface area contributed by atoms with Gasteiger partial charge in [0.1, 0.15) is 11.2 Å². The van der Waals surface area contributed by atoms with Gasteiger partial charge in [-0.3, -0.25) is 9.69 Å². The van der Waals surface area contributed by atoms with E-state index >= 15 is 0 Å². The highest BCUT2D eigenvalue weighted by Gasteiger charge is 2.34. The van der Waals surface area contributed by atoms with Crippen molar-refractivity contribution in [3.05, 3.63) is 65.0 Å². The Morgan fingerprint density at radius 1 is 1.19 bits per heavy atom. The molecule has 0 radical (unpaired) electrons. The lowest BCUT2D eigenvalue weighted by atomic mass is 10.1. The first-order chi connectivity index (χ1) is 10.1. The maximum Gasteiger partial charge on any atom is 0.238 e. The Balaban J connectivity index is 2.06. The summed E-state index contributed by atoms with van der Waals surface area (Å²) in [5.74, 6) is 0.227. The molecule has 108 valence electrons. The number of anilines is 1. The summed E-state index contributed by atoms with van der Waals surface area (Å²) in [5, 5.41) is -0.159. The first-order valence-corrected chi connectivity index (χ1v) is 7.87. The van der Waals surface area contributed by atoms with Crippen LogP contribution < -0.4 is 4.90 Å². The fraction of sp³-hybridized carbons (Fsp3) is 0.235. The van der Waals surface area contributed by atoms with Crippen molar-refractivity contribution in [2.45, 2.75) is 19.2 Å². The van der Waals surface area contributed by atoms with Gasteiger partial charge in [0.25, 0.3) is 0 Å². The quantitative estimate of drug-likeness (QED) is 0.827. The van der Waals surface area contributed by atoms with Crippen molar-refractivity contribution in [2.24, 2.45) is 0 Å². The molecule has 1 fully saturated rings. The van der Waals surface area contributed by atoms with E-state index in [1.165, 1.54) is 23.9 Å². The normalized spacial score (nSPS) is 18.3. The van der Waals surface area contributed by atoms with Crippen LogP contribution in [0.4, 0.5) is 10.1 Å². The van der Waals surface area contributed by atoms with E-state index in [1.54, 1.807) is 11.0 Å². The minimum Gasteiger partial charge on any atom is -0.295 e. The van der Waals surface area contributed by atoms with Crippen LogP contribution in [0.3, 0.4) is 0 Å². The minimum atomic E-state index is -0.270. The molecule has 0 bridgehead atoms. The molecular weight excluding hydrogens is 285 g/mol. The molecule has 0 N–H and O–H groups in total. The number of rotatable bonds is 2. The second-order valence-electron chi connectivity index (χ2n) is 5.27. The Hall–Kier alpha value is -1.81. The highest BCUT2D eigenvalue weighted by Crippen LogP contribution is 2.43. The molecule has 0 aliphatic carbocycles. The van der Waals surface area contributed by atoms with E-state index in [2.05, 4.69) is 0 Å². The van der Waals surface area contributed by atoms with Crippen LogP contribution in [0, 0.1) is 19.7 Å². The van der Waals surface area contributed by atoms with Crippen molar-refractivity contribution in [1.29, 1.82) is 0 Å². The number of carbonyl (C=O) groups excluding carboxylic acids is 1. The molecule has 1 atom stereocenters. The van der Waals surface area contributed by atoms with Gasteiger partial charge in [-0.2, -0.15) is 0 Å². The zero-order chi connectivity index (χ0) is 15.0. The average Bonchev–Trinajstić information content (AvgIpc) is 2.83. The lowest BCUT2D eigenvalue weighted by molar-refractivity contribution is -0.115. The Bertz CT molecular complexity index is 701. The summed E-state index contributed by atoms with van der Waals surface area (Å²) in [6, 6.07) is 12.6. The van der Waals surface area contributed by atoms with Gasteiger partial charge < -0.3 is 0 Å². The number of aryl methyl sites for hydroxylation is 2. The van der Waals surface area contributed by atoms with Gasteiger partial charge in [0.15, 0.2) is 0 Å². The summed E-state index contributed by atoms with van der Waals surface area (Å²) in [7, 11) is 0. The molecule has 0 aromatic heterocycles. The maximum atomic E-state index is 13.5. The number of thioether (sulfide) groups is 1. The number of halogens is 1. The molecule has 0 saturated carbocycles. The van der Waals surface area contributed by atoms with Crippen LogP contribution >= 0.6 is 11.8 Å². The average molecular weight is 301 g/mol. The Morgan fingerprint density at radius 3 is 2.76 bits per heavy atom. The van der Waals surface area contributed by atoms with Gasteiger partial charge in [-0.15, -0.1) is 11.8 Å². The van der Waals surface area contributed by atoms with Crippen LogP contribution in [0.5, 0.6) is 0 Å². The predicted octanol–water partition coefficient (Wildman–Crippen LogP) is 4.22. The summed E-state index contributed by atoms with van der Waals surface area (Å²) in [6.07, 6.45) is 0. The van der Waals surface area contributed by atoms with Crippen LogP contribution in [-0.4, -0.2) is 11.7 Å². The first-order valence-electron chi connectivity index (χ1n) is 6.82. The van der Waals surface area contributed by atoms with Crippen molar-refractivity contribution >= 4 is 23.4 Å². The third kappa shape index (κ3) is 2.68. The Kier molecular flexibility index (Phi) is 3.72. The Labute approximate surface area is 128 Å². The van der Waals surface area contributed by atoms with Crippen molar-refractivity contribution in [3.63, 3.8) is 0 Å². The first kappa shape index (κ1) is 14.1. The van der Waals surface area contributed by atoms with E-state index < -0.39 is 0 Å². The van der Waals surface area contributed by atoms with Crippen LogP contribution in [0.25, 0.3) is 0 Å². The van der Waals surface area contributed by atoms with E-state index in [-0.39, 0.29) is 17.1 Å². The van der Waals surface area contributed by atoms with Crippen molar-refractivity contribution in [2.75, 3.05) is 10.7 Å². The molecule has 1 aliphatic heterocycles. The minimum absolute atomic E-state index is 0.0722. The fourth-order valence-corrected chi connectivity index (χ4v) is 3.73. The molecule has 1 heterocycles. The van der Waals surface area contributed by atoms with Gasteiger partial charge in [-0.05, 0) is 48.7 Å². The third-order valence-corrected chi connectivity index (χ3v) is 4.84. The number of carbonyl (C=O) groups is 1. The van der Waals surface area contributed by atoms with Gasteiger partial charge in [0, 0.05) is 5.69 Å². The highest BCUT2D eigenvalue weighted by molar-refractivity contribution is 8.00. The second kappa shape index (κ2) is 5.53. The van der Waals surface area contributed by atoms with Crippen LogP contribution in [0.15, 0.2) is 42.5 Å². The molecular formula is C17H16FNOS. The van der Waals surface area contributed by atoms with Gasteiger partial charge in [-0.1, -0.05) is 24.3 Å². The standard InChI is InChI=1S/C17H16FNOS/c1-11-6-7-12(2)15(8-11)19-16(20)10-21-17(19)13-4-3-5-14(18)9-13/h3-9,17H,10H2,1-2H3. The van der Waals surface area contributed by atoms with Crippen molar-refractivity contribution < 1.29 is 9.18 Å². The van der Waals surface area contributed by atoms with E-state index in [4.69, 9.17) is 0 Å². The van der Waals surface area contributed by atoms with E-state index in [1.807, 2.05) is 38.1 Å². The van der Waals surface area contributed by atoms with Gasteiger partial charge >= 0.3 is 0 Å². The third-order valence-electron chi connectivity index (χ3n) is 3.63. The number of hydrogen-bond donors (Lipinski definition) is 0. The molecule has 21 heavy (non-hydrogen) atoms. The van der Waals surface area contributed by atoms with Gasteiger partial charge in [0.05, 0.1) is 5.75 Å². The van der Waals surface area contributed by atoms with Crippen molar-refractivity contribution in [3.8, 4) is 0 Å². The largest absolute Gasteiger partial charge is 0.295 e. The summed E-state index contributed by atoms with van der Waals surface area (Å²) in [4.78, 5) is 14.1. The topological polar surface area (TPSA) is 20.3 Å². The molecule has 3 rings (SSSR count). The SMILES string of the molecule is Cc1ccc(C)c(N2C(=O)CSC2c2cccc(F)c2)c1. The number of benzene rings is 2. The van der Waals surface area contributed by atoms with Crippen LogP contribution in [-0.2, 0) is 4.79 Å². The number of hydrogen-bond acceptors (Lipinski definition) is 2. The molecule has 4 heteroatoms. The highest BCUT2D eigenvalue weighted by atomic mass is 32.2. The number of nitrogens with zero attached hydrogens (tertiary/aromatic N) is 1. The maximum absolute atomic E-state index is 13.5.